The molecule has 23 heavy (non-hydrogen) atoms. The first-order valence-corrected chi connectivity index (χ1v) is 7.08. The molecule has 0 aliphatic carbocycles. The molecule has 3 rings (SSSR count). The number of carbonyl (C=O) groups is 1. The summed E-state index contributed by atoms with van der Waals surface area (Å²) >= 11 is 0. The fourth-order valence-electron chi connectivity index (χ4n) is 2.59. The Morgan fingerprint density at radius 2 is 2.00 bits per heavy atom. The lowest BCUT2D eigenvalue weighted by atomic mass is 10.2. The van der Waals surface area contributed by atoms with Crippen molar-refractivity contribution in [3.8, 4) is 11.8 Å². The predicted octanol–water partition coefficient (Wildman–Crippen LogP) is 3.31. The number of hydrogen-bond donors (Lipinski definition) is 1. The number of nitriles is 1. The minimum absolute atomic E-state index is 0.235. The number of carbonyl (C=O) groups excluding carboxylic acids is 1. The van der Waals surface area contributed by atoms with Crippen molar-refractivity contribution in [2.24, 2.45) is 7.05 Å². The highest BCUT2D eigenvalue weighted by Gasteiger charge is 2.15. The highest BCUT2D eigenvalue weighted by Crippen LogP contribution is 2.28. The summed E-state index contributed by atoms with van der Waals surface area (Å²) in [6, 6.07) is 16.4. The van der Waals surface area contributed by atoms with Gasteiger partial charge in [-0.05, 0) is 36.4 Å². The largest absolute Gasteiger partial charge is 0.496 e. The van der Waals surface area contributed by atoms with Crippen LogP contribution < -0.4 is 10.1 Å². The summed E-state index contributed by atoms with van der Waals surface area (Å²) in [6.07, 6.45) is 0. The summed E-state index contributed by atoms with van der Waals surface area (Å²) in [5, 5.41) is 12.6. The summed E-state index contributed by atoms with van der Waals surface area (Å²) in [6.45, 7) is 0. The van der Waals surface area contributed by atoms with Gasteiger partial charge in [-0.2, -0.15) is 5.26 Å². The van der Waals surface area contributed by atoms with E-state index in [-0.39, 0.29) is 5.91 Å². The second-order valence-electron chi connectivity index (χ2n) is 5.13. The van der Waals surface area contributed by atoms with Gasteiger partial charge in [0, 0.05) is 18.1 Å². The molecule has 0 bridgehead atoms. The van der Waals surface area contributed by atoms with Crippen LogP contribution in [0.1, 0.15) is 16.1 Å². The number of benzene rings is 2. The number of ether oxygens (including phenoxy) is 1. The van der Waals surface area contributed by atoms with Crippen molar-refractivity contribution in [1.29, 1.82) is 5.26 Å². The number of hydrogen-bond acceptors (Lipinski definition) is 3. The van der Waals surface area contributed by atoms with E-state index in [4.69, 9.17) is 10.00 Å². The van der Waals surface area contributed by atoms with Crippen molar-refractivity contribution >= 4 is 22.5 Å². The molecular formula is C18H15N3O2. The molecule has 3 aromatic rings. The van der Waals surface area contributed by atoms with Crippen molar-refractivity contribution < 1.29 is 9.53 Å². The molecule has 1 amide bonds. The third-order valence-corrected chi connectivity index (χ3v) is 3.75. The number of anilines is 1. The maximum absolute atomic E-state index is 12.5. The minimum Gasteiger partial charge on any atom is -0.496 e. The van der Waals surface area contributed by atoms with Gasteiger partial charge >= 0.3 is 0 Å². The molecule has 0 saturated carbocycles. The van der Waals surface area contributed by atoms with Crippen molar-refractivity contribution in [1.82, 2.24) is 4.57 Å². The monoisotopic (exact) mass is 305 g/mol. The number of methoxy groups -OCH3 is 1. The van der Waals surface area contributed by atoms with Gasteiger partial charge in [-0.25, -0.2) is 0 Å². The van der Waals surface area contributed by atoms with Crippen molar-refractivity contribution in [3.05, 3.63) is 59.8 Å². The zero-order valence-corrected chi connectivity index (χ0v) is 12.8. The Morgan fingerprint density at radius 1 is 1.22 bits per heavy atom. The Balaban J connectivity index is 1.98. The highest BCUT2D eigenvalue weighted by molar-refractivity contribution is 6.07. The fraction of sp³-hybridized carbons (Fsp3) is 0.111. The first kappa shape index (κ1) is 14.7. The molecule has 0 aliphatic heterocycles. The summed E-state index contributed by atoms with van der Waals surface area (Å²) in [5.74, 6) is 0.490. The van der Waals surface area contributed by atoms with E-state index in [0.29, 0.717) is 16.9 Å². The number of nitrogens with one attached hydrogen (secondary N) is 1. The molecule has 0 unspecified atom stereocenters. The van der Waals surface area contributed by atoms with Crippen molar-refractivity contribution in [2.45, 2.75) is 0 Å². The molecule has 0 radical (unpaired) electrons. The number of aromatic nitrogens is 1. The Labute approximate surface area is 133 Å². The standard InChI is InChI=1S/C18H15N3O2/c1-21-15-7-4-8-17(23-2)14(15)10-16(21)18(22)20-13-6-3-5-12(9-13)11-19/h3-10H,1-2H3,(H,20,22). The molecule has 0 aliphatic rings. The molecule has 114 valence electrons. The maximum atomic E-state index is 12.5. The van der Waals surface area contributed by atoms with E-state index in [9.17, 15) is 4.79 Å². The SMILES string of the molecule is COc1cccc2c1cc(C(=O)Nc1cccc(C#N)c1)n2C. The van der Waals surface area contributed by atoms with Gasteiger partial charge < -0.3 is 14.6 Å². The zero-order valence-electron chi connectivity index (χ0n) is 12.8. The number of fused-ring (bicyclic) bond motifs is 1. The van der Waals surface area contributed by atoms with Crippen LogP contribution >= 0.6 is 0 Å². The van der Waals surface area contributed by atoms with Crippen LogP contribution in [0.3, 0.4) is 0 Å². The molecule has 1 aromatic heterocycles. The van der Waals surface area contributed by atoms with Crippen LogP contribution in [-0.4, -0.2) is 17.6 Å². The van der Waals surface area contributed by atoms with E-state index >= 15 is 0 Å². The molecule has 0 atom stereocenters. The van der Waals surface area contributed by atoms with Crippen LogP contribution in [0.5, 0.6) is 5.75 Å². The van der Waals surface area contributed by atoms with Gasteiger partial charge in [0.2, 0.25) is 0 Å². The molecule has 1 heterocycles. The van der Waals surface area contributed by atoms with E-state index in [1.165, 1.54) is 0 Å². The zero-order chi connectivity index (χ0) is 16.4. The van der Waals surface area contributed by atoms with E-state index in [2.05, 4.69) is 11.4 Å². The number of aryl methyl sites for hydroxylation is 1. The number of amides is 1. The van der Waals surface area contributed by atoms with E-state index in [0.717, 1.165) is 16.7 Å². The Morgan fingerprint density at radius 3 is 2.74 bits per heavy atom. The molecule has 1 N–H and O–H groups in total. The third-order valence-electron chi connectivity index (χ3n) is 3.75. The number of nitrogens with zero attached hydrogens (tertiary/aromatic N) is 2. The minimum atomic E-state index is -0.235. The second-order valence-corrected chi connectivity index (χ2v) is 5.13. The fourth-order valence-corrected chi connectivity index (χ4v) is 2.59. The van der Waals surface area contributed by atoms with Crippen LogP contribution in [0.4, 0.5) is 5.69 Å². The summed E-state index contributed by atoms with van der Waals surface area (Å²) in [5.41, 5.74) is 2.53. The molecule has 2 aromatic carbocycles. The smallest absolute Gasteiger partial charge is 0.272 e. The summed E-state index contributed by atoms with van der Waals surface area (Å²) < 4.78 is 7.16. The molecule has 0 fully saturated rings. The van der Waals surface area contributed by atoms with Crippen LogP contribution in [0.15, 0.2) is 48.5 Å². The van der Waals surface area contributed by atoms with Gasteiger partial charge in [-0.3, -0.25) is 4.79 Å². The first-order valence-electron chi connectivity index (χ1n) is 7.08. The van der Waals surface area contributed by atoms with Gasteiger partial charge in [0.05, 0.1) is 24.3 Å². The van der Waals surface area contributed by atoms with Gasteiger partial charge in [0.1, 0.15) is 11.4 Å². The molecule has 5 nitrogen and oxygen atoms in total. The van der Waals surface area contributed by atoms with Crippen molar-refractivity contribution in [2.75, 3.05) is 12.4 Å². The third kappa shape index (κ3) is 2.62. The average Bonchev–Trinajstić information content (AvgIpc) is 2.92. The second kappa shape index (κ2) is 5.85. The van der Waals surface area contributed by atoms with Gasteiger partial charge in [0.25, 0.3) is 5.91 Å². The van der Waals surface area contributed by atoms with Crippen LogP contribution in [0, 0.1) is 11.3 Å². The van der Waals surface area contributed by atoms with E-state index < -0.39 is 0 Å². The van der Waals surface area contributed by atoms with E-state index in [1.807, 2.05) is 29.8 Å². The first-order chi connectivity index (χ1) is 11.1. The summed E-state index contributed by atoms with van der Waals surface area (Å²) in [7, 11) is 3.44. The van der Waals surface area contributed by atoms with Crippen LogP contribution in [0.2, 0.25) is 0 Å². The topological polar surface area (TPSA) is 67.0 Å². The van der Waals surface area contributed by atoms with E-state index in [1.54, 1.807) is 37.4 Å². The summed E-state index contributed by atoms with van der Waals surface area (Å²) in [4.78, 5) is 12.5. The lowest BCUT2D eigenvalue weighted by Gasteiger charge is -2.07. The van der Waals surface area contributed by atoms with Crippen molar-refractivity contribution in [3.63, 3.8) is 0 Å². The molecular weight excluding hydrogens is 290 g/mol. The van der Waals surface area contributed by atoms with Gasteiger partial charge in [-0.1, -0.05) is 12.1 Å². The lowest BCUT2D eigenvalue weighted by Crippen LogP contribution is -2.15. The Bertz CT molecular complexity index is 935. The lowest BCUT2D eigenvalue weighted by molar-refractivity contribution is 0.102. The highest BCUT2D eigenvalue weighted by atomic mass is 16.5. The van der Waals surface area contributed by atoms with Gasteiger partial charge in [0.15, 0.2) is 0 Å². The maximum Gasteiger partial charge on any atom is 0.272 e. The quantitative estimate of drug-likeness (QED) is 0.807. The van der Waals surface area contributed by atoms with Gasteiger partial charge in [-0.15, -0.1) is 0 Å². The molecule has 0 spiro atoms. The van der Waals surface area contributed by atoms with Crippen LogP contribution in [0.25, 0.3) is 10.9 Å². The van der Waals surface area contributed by atoms with Crippen LogP contribution in [-0.2, 0) is 7.05 Å². The average molecular weight is 305 g/mol. The Kier molecular flexibility index (Phi) is 3.73. The number of rotatable bonds is 3. The normalized spacial score (nSPS) is 10.3. The molecule has 5 heteroatoms. The Hall–Kier alpha value is -3.26. The predicted molar refractivity (Wildman–Crippen MR) is 88.6 cm³/mol. The molecule has 0 saturated heterocycles.